The highest BCUT2D eigenvalue weighted by Crippen LogP contribution is 2.19. The molecular weight excluding hydrogens is 136 g/mol. The van der Waals surface area contributed by atoms with Crippen LogP contribution >= 0.6 is 0 Å². The van der Waals surface area contributed by atoms with Gasteiger partial charge in [-0.15, -0.1) is 0 Å². The Morgan fingerprint density at radius 2 is 2.18 bits per heavy atom. The Hall–Kier alpha value is -0.790. The van der Waals surface area contributed by atoms with Crippen molar-refractivity contribution in [2.24, 2.45) is 0 Å². The molecule has 0 bridgehead atoms. The van der Waals surface area contributed by atoms with Crippen LogP contribution < -0.4 is 0 Å². The van der Waals surface area contributed by atoms with E-state index in [1.807, 2.05) is 6.20 Å². The fraction of sp³-hybridized carbons (Fsp3) is 0.667. The average Bonchev–Trinajstić information content (AvgIpc) is 2.31. The molecule has 0 aliphatic carbocycles. The molecule has 11 heavy (non-hydrogen) atoms. The Morgan fingerprint density at radius 3 is 2.55 bits per heavy atom. The Balaban J connectivity index is 3.02. The Labute approximate surface area is 68.3 Å². The Kier molecular flexibility index (Phi) is 2.03. The van der Waals surface area contributed by atoms with Crippen molar-refractivity contribution in [3.63, 3.8) is 0 Å². The molecule has 0 aliphatic rings. The molecule has 1 radical (unpaired) electrons. The van der Waals surface area contributed by atoms with Gasteiger partial charge in [-0.25, -0.2) is 4.98 Å². The third kappa shape index (κ3) is 1.62. The molecule has 0 aliphatic heterocycles. The monoisotopic (exact) mass is 151 g/mol. The molecule has 0 aromatic carbocycles. The van der Waals surface area contributed by atoms with Crippen LogP contribution in [0, 0.1) is 6.20 Å². The first-order chi connectivity index (χ1) is 5.05. The summed E-state index contributed by atoms with van der Waals surface area (Å²) in [7, 11) is 0. The second kappa shape index (κ2) is 2.68. The van der Waals surface area contributed by atoms with Crippen molar-refractivity contribution in [3.8, 4) is 0 Å². The lowest BCUT2D eigenvalue weighted by Gasteiger charge is -2.18. The summed E-state index contributed by atoms with van der Waals surface area (Å²) in [5.74, 6) is 1.11. The summed E-state index contributed by atoms with van der Waals surface area (Å²) in [4.78, 5) is 4.20. The van der Waals surface area contributed by atoms with Gasteiger partial charge in [0, 0.05) is 18.2 Å². The molecule has 1 aromatic rings. The van der Waals surface area contributed by atoms with Crippen molar-refractivity contribution in [2.75, 3.05) is 0 Å². The second-order valence-electron chi connectivity index (χ2n) is 3.73. The lowest BCUT2D eigenvalue weighted by molar-refractivity contribution is 0.506. The van der Waals surface area contributed by atoms with Gasteiger partial charge in [0.25, 0.3) is 0 Å². The van der Waals surface area contributed by atoms with Gasteiger partial charge in [-0.1, -0.05) is 20.8 Å². The van der Waals surface area contributed by atoms with E-state index in [-0.39, 0.29) is 5.41 Å². The average molecular weight is 151 g/mol. The first-order valence-electron chi connectivity index (χ1n) is 3.99. The quantitative estimate of drug-likeness (QED) is 0.600. The summed E-state index contributed by atoms with van der Waals surface area (Å²) in [5, 5.41) is 0. The summed E-state index contributed by atoms with van der Waals surface area (Å²) in [6.07, 6.45) is 4.77. The van der Waals surface area contributed by atoms with Crippen LogP contribution in [0.2, 0.25) is 0 Å². The molecule has 1 aromatic heterocycles. The molecule has 0 saturated carbocycles. The molecule has 1 heterocycles. The standard InChI is InChI=1S/C9H15N2/c1-5-11-7-6-10-8(11)9(2,3)4/h7H,5H2,1-4H3. The van der Waals surface area contributed by atoms with Gasteiger partial charge >= 0.3 is 0 Å². The topological polar surface area (TPSA) is 17.8 Å². The van der Waals surface area contributed by atoms with Gasteiger partial charge in [0.05, 0.1) is 0 Å². The van der Waals surface area contributed by atoms with Gasteiger partial charge in [-0.05, 0) is 6.92 Å². The summed E-state index contributed by atoms with van der Waals surface area (Å²) in [6, 6.07) is 0. The van der Waals surface area contributed by atoms with Crippen LogP contribution in [0.1, 0.15) is 33.5 Å². The SMILES string of the molecule is CCn1c[c]nc1C(C)(C)C. The van der Waals surface area contributed by atoms with Crippen molar-refractivity contribution in [2.45, 2.75) is 39.7 Å². The zero-order chi connectivity index (χ0) is 8.48. The van der Waals surface area contributed by atoms with Crippen molar-refractivity contribution in [3.05, 3.63) is 18.2 Å². The number of rotatable bonds is 1. The fourth-order valence-corrected chi connectivity index (χ4v) is 1.12. The van der Waals surface area contributed by atoms with Crippen LogP contribution in [-0.4, -0.2) is 9.55 Å². The molecule has 61 valence electrons. The van der Waals surface area contributed by atoms with Gasteiger partial charge in [-0.3, -0.25) is 0 Å². The molecular formula is C9H15N2. The minimum absolute atomic E-state index is 0.135. The van der Waals surface area contributed by atoms with Gasteiger partial charge in [0.2, 0.25) is 0 Å². The zero-order valence-electron chi connectivity index (χ0n) is 7.68. The van der Waals surface area contributed by atoms with E-state index in [2.05, 4.69) is 43.4 Å². The molecule has 0 saturated heterocycles. The van der Waals surface area contributed by atoms with Gasteiger partial charge < -0.3 is 4.57 Å². The van der Waals surface area contributed by atoms with E-state index in [1.54, 1.807) is 0 Å². The molecule has 0 fully saturated rings. The molecule has 0 atom stereocenters. The summed E-state index contributed by atoms with van der Waals surface area (Å²) < 4.78 is 2.12. The number of hydrogen-bond donors (Lipinski definition) is 0. The van der Waals surface area contributed by atoms with E-state index < -0.39 is 0 Å². The summed E-state index contributed by atoms with van der Waals surface area (Å²) in [5.41, 5.74) is 0.135. The van der Waals surface area contributed by atoms with Crippen molar-refractivity contribution in [1.82, 2.24) is 9.55 Å². The zero-order valence-corrected chi connectivity index (χ0v) is 7.68. The van der Waals surface area contributed by atoms with E-state index in [4.69, 9.17) is 0 Å². The third-order valence-corrected chi connectivity index (χ3v) is 1.67. The van der Waals surface area contributed by atoms with Crippen LogP contribution in [0.25, 0.3) is 0 Å². The molecule has 1 rings (SSSR count). The van der Waals surface area contributed by atoms with Crippen molar-refractivity contribution < 1.29 is 0 Å². The molecule has 0 amide bonds. The van der Waals surface area contributed by atoms with Crippen LogP contribution in [0.15, 0.2) is 6.20 Å². The largest absolute Gasteiger partial charge is 0.334 e. The Morgan fingerprint density at radius 1 is 1.55 bits per heavy atom. The van der Waals surface area contributed by atoms with Crippen LogP contribution in [0.3, 0.4) is 0 Å². The summed E-state index contributed by atoms with van der Waals surface area (Å²) in [6.45, 7) is 9.58. The number of imidazole rings is 1. The maximum atomic E-state index is 4.20. The van der Waals surface area contributed by atoms with E-state index in [0.29, 0.717) is 0 Å². The van der Waals surface area contributed by atoms with Crippen molar-refractivity contribution in [1.29, 1.82) is 0 Å². The van der Waals surface area contributed by atoms with Crippen LogP contribution in [0.4, 0.5) is 0 Å². The predicted octanol–water partition coefficient (Wildman–Crippen LogP) is 2.00. The minimum atomic E-state index is 0.135. The smallest absolute Gasteiger partial charge is 0.114 e. The third-order valence-electron chi connectivity index (χ3n) is 1.67. The molecule has 0 unspecified atom stereocenters. The van der Waals surface area contributed by atoms with E-state index >= 15 is 0 Å². The highest BCUT2D eigenvalue weighted by Gasteiger charge is 2.18. The second-order valence-corrected chi connectivity index (χ2v) is 3.73. The predicted molar refractivity (Wildman–Crippen MR) is 45.4 cm³/mol. The lowest BCUT2D eigenvalue weighted by atomic mass is 9.96. The van der Waals surface area contributed by atoms with Gasteiger partial charge in [0.1, 0.15) is 12.0 Å². The van der Waals surface area contributed by atoms with Crippen molar-refractivity contribution >= 4 is 0 Å². The lowest BCUT2D eigenvalue weighted by Crippen LogP contribution is -2.18. The molecule has 2 nitrogen and oxygen atoms in total. The number of aryl methyl sites for hydroxylation is 1. The first kappa shape index (κ1) is 8.31. The maximum absolute atomic E-state index is 4.20. The van der Waals surface area contributed by atoms with Crippen LogP contribution in [-0.2, 0) is 12.0 Å². The minimum Gasteiger partial charge on any atom is -0.334 e. The maximum Gasteiger partial charge on any atom is 0.114 e. The number of aromatic nitrogens is 2. The first-order valence-corrected chi connectivity index (χ1v) is 3.99. The normalized spacial score (nSPS) is 12.0. The van der Waals surface area contributed by atoms with Gasteiger partial charge in [0.15, 0.2) is 0 Å². The fourth-order valence-electron chi connectivity index (χ4n) is 1.12. The highest BCUT2D eigenvalue weighted by molar-refractivity contribution is 5.03. The highest BCUT2D eigenvalue weighted by atomic mass is 15.1. The van der Waals surface area contributed by atoms with Crippen LogP contribution in [0.5, 0.6) is 0 Å². The molecule has 0 spiro atoms. The van der Waals surface area contributed by atoms with E-state index in [0.717, 1.165) is 12.4 Å². The molecule has 2 heteroatoms. The van der Waals surface area contributed by atoms with E-state index in [1.165, 1.54) is 0 Å². The van der Waals surface area contributed by atoms with E-state index in [9.17, 15) is 0 Å². The number of hydrogen-bond acceptors (Lipinski definition) is 1. The molecule has 0 N–H and O–H groups in total. The summed E-state index contributed by atoms with van der Waals surface area (Å²) >= 11 is 0. The number of nitrogens with zero attached hydrogens (tertiary/aromatic N) is 2. The Bertz CT molecular complexity index is 230. The van der Waals surface area contributed by atoms with Gasteiger partial charge in [-0.2, -0.15) is 0 Å².